The number of hydrogen-bond acceptors (Lipinski definition) is 18. The lowest BCUT2D eigenvalue weighted by Gasteiger charge is -2.26. The summed E-state index contributed by atoms with van der Waals surface area (Å²) in [4.78, 5) is 102. The van der Waals surface area contributed by atoms with Gasteiger partial charge in [0, 0.05) is 122 Å². The first-order valence-corrected chi connectivity index (χ1v) is 29.7. The number of carbonyl (C=O) groups excluding carboxylic acids is 8. The predicted octanol–water partition coefficient (Wildman–Crippen LogP) is 6.19. The Bertz CT molecular complexity index is 3990. The normalized spacial score (nSPS) is 14.1. The number of nitrogens with one attached hydrogen (secondary N) is 5. The number of rotatable bonds is 15. The zero-order valence-corrected chi connectivity index (χ0v) is 53.2. The maximum atomic E-state index is 14.2. The molecule has 11 N–H and O–H groups in total. The molecule has 487 valence electrons. The average Bonchev–Trinajstić information content (AvgIpc) is 0.825. The van der Waals surface area contributed by atoms with Crippen LogP contribution in [0.2, 0.25) is 26.9 Å². The molecule has 10 rings (SSSR count). The Morgan fingerprint density at radius 3 is 1.30 bits per heavy atom. The quantitative estimate of drug-likeness (QED) is 0.0322. The predicted molar refractivity (Wildman–Crippen MR) is 349 cm³/mol. The SMILES string of the molecule is COB(C)C(Oc1cc(C(=O)Nc2ccc(C(=O)N3CCNC(=O)C3)cc2)nnc1N)c1c(Cl)ccc(F)c1Cl.C[C@@H](Oc1cc(C(=O)Nc2ccc(C(=O)N3CCNC(=O)C3)cc2)nnc1N)c1c(Cl)ccc(F)c1Cl.Nc1ccc(C(=O)N2CCNC(=O)C2)cc1.[B]. The van der Waals surface area contributed by atoms with Gasteiger partial charge >= 0.3 is 6.92 Å². The lowest BCUT2D eigenvalue weighted by atomic mass is 9.62. The molecule has 8 amide bonds. The van der Waals surface area contributed by atoms with Crippen LogP contribution in [-0.4, -0.2) is 164 Å². The number of nitrogen functional groups attached to an aromatic ring is 3. The fourth-order valence-corrected chi connectivity index (χ4v) is 10.5. The minimum atomic E-state index is -1.01. The molecule has 34 heteroatoms. The first-order chi connectivity index (χ1) is 44.4. The molecule has 2 atom stereocenters. The molecule has 5 heterocycles. The molecule has 3 aliphatic rings. The molecule has 2 aromatic heterocycles. The molecule has 94 heavy (non-hydrogen) atoms. The molecule has 1 unspecified atom stereocenters. The second-order valence-corrected chi connectivity index (χ2v) is 22.2. The van der Waals surface area contributed by atoms with E-state index in [0.717, 1.165) is 12.1 Å². The van der Waals surface area contributed by atoms with Crippen molar-refractivity contribution in [2.75, 3.05) is 93.8 Å². The van der Waals surface area contributed by atoms with Gasteiger partial charge in [-0.05, 0) is 104 Å². The highest BCUT2D eigenvalue weighted by Crippen LogP contribution is 2.39. The molecule has 7 aromatic rings. The molecule has 0 bridgehead atoms. The molecule has 3 aliphatic heterocycles. The summed E-state index contributed by atoms with van der Waals surface area (Å²) in [5.74, 6) is -4.11. The highest BCUT2D eigenvalue weighted by Gasteiger charge is 2.33. The number of aromatic nitrogens is 4. The third-order valence-electron chi connectivity index (χ3n) is 14.2. The van der Waals surface area contributed by atoms with E-state index in [1.807, 2.05) is 0 Å². The monoisotopic (exact) mass is 1360 g/mol. The molecule has 3 saturated heterocycles. The summed E-state index contributed by atoms with van der Waals surface area (Å²) in [7, 11) is 1.43. The van der Waals surface area contributed by atoms with Gasteiger partial charge < -0.3 is 72.6 Å². The van der Waals surface area contributed by atoms with E-state index in [9.17, 15) is 47.1 Å². The van der Waals surface area contributed by atoms with Crippen LogP contribution in [0.25, 0.3) is 0 Å². The zero-order valence-electron chi connectivity index (χ0n) is 50.2. The molecule has 0 spiro atoms. The van der Waals surface area contributed by atoms with Gasteiger partial charge in [0.2, 0.25) is 17.7 Å². The minimum absolute atomic E-state index is 0. The smallest absolute Gasteiger partial charge is 0.338 e. The molecule has 3 radical (unpaired) electrons. The number of amides is 8. The van der Waals surface area contributed by atoms with Gasteiger partial charge in [-0.1, -0.05) is 53.2 Å². The number of hydrogen-bond donors (Lipinski definition) is 8. The molecule has 0 saturated carbocycles. The van der Waals surface area contributed by atoms with Crippen LogP contribution >= 0.6 is 46.4 Å². The Morgan fingerprint density at radius 1 is 0.553 bits per heavy atom. The fraction of sp³-hybridized carbons (Fsp3) is 0.233. The number of nitrogens with two attached hydrogens (primary N) is 3. The highest BCUT2D eigenvalue weighted by atomic mass is 35.5. The minimum Gasteiger partial charge on any atom is -0.487 e. The van der Waals surface area contributed by atoms with Gasteiger partial charge in [0.05, 0.1) is 29.7 Å². The third-order valence-corrected chi connectivity index (χ3v) is 15.6. The maximum Gasteiger partial charge on any atom is 0.338 e. The topological polar surface area (TPSA) is 364 Å². The van der Waals surface area contributed by atoms with E-state index in [4.69, 9.17) is 77.7 Å². The molecule has 3 fully saturated rings. The van der Waals surface area contributed by atoms with Gasteiger partial charge in [0.25, 0.3) is 29.5 Å². The van der Waals surface area contributed by atoms with E-state index in [1.54, 1.807) is 74.4 Å². The summed E-state index contributed by atoms with van der Waals surface area (Å²) in [5, 5.41) is 28.4. The molecular weight excluding hydrogens is 1310 g/mol. The second kappa shape index (κ2) is 32.6. The van der Waals surface area contributed by atoms with Gasteiger partial charge in [-0.2, -0.15) is 0 Å². The van der Waals surface area contributed by atoms with Crippen molar-refractivity contribution in [1.29, 1.82) is 0 Å². The number of piperazine rings is 3. The van der Waals surface area contributed by atoms with Crippen LogP contribution in [-0.2, 0) is 19.0 Å². The van der Waals surface area contributed by atoms with Gasteiger partial charge in [0.1, 0.15) is 23.7 Å². The zero-order chi connectivity index (χ0) is 67.2. The van der Waals surface area contributed by atoms with Crippen molar-refractivity contribution in [3.8, 4) is 11.5 Å². The first kappa shape index (κ1) is 71.6. The molecule has 26 nitrogen and oxygen atoms in total. The van der Waals surface area contributed by atoms with Gasteiger partial charge in [0.15, 0.2) is 34.5 Å². The second-order valence-electron chi connectivity index (χ2n) is 20.6. The Kier molecular flexibility index (Phi) is 24.8. The summed E-state index contributed by atoms with van der Waals surface area (Å²) in [6.45, 7) is 5.37. The van der Waals surface area contributed by atoms with Crippen LogP contribution in [0.3, 0.4) is 0 Å². The van der Waals surface area contributed by atoms with Crippen molar-refractivity contribution >= 4 is 138 Å². The summed E-state index contributed by atoms with van der Waals surface area (Å²) >= 11 is 24.7. The van der Waals surface area contributed by atoms with E-state index < -0.39 is 42.5 Å². The van der Waals surface area contributed by atoms with Gasteiger partial charge in [-0.15, -0.1) is 20.4 Å². The Morgan fingerprint density at radius 2 is 0.915 bits per heavy atom. The van der Waals surface area contributed by atoms with Crippen molar-refractivity contribution in [2.45, 2.75) is 25.9 Å². The summed E-state index contributed by atoms with van der Waals surface area (Å²) in [5.41, 5.74) is 20.2. The van der Waals surface area contributed by atoms with E-state index in [1.165, 1.54) is 58.2 Å². The lowest BCUT2D eigenvalue weighted by Crippen LogP contribution is -2.49. The number of halogens is 6. The van der Waals surface area contributed by atoms with Crippen LogP contribution in [0.5, 0.6) is 11.5 Å². The third kappa shape index (κ3) is 18.2. The van der Waals surface area contributed by atoms with Gasteiger partial charge in [-0.3, -0.25) is 38.4 Å². The van der Waals surface area contributed by atoms with Gasteiger partial charge in [-0.25, -0.2) is 8.78 Å². The van der Waals surface area contributed by atoms with E-state index in [0.29, 0.717) is 73.0 Å². The Hall–Kier alpha value is -9.87. The number of benzene rings is 5. The van der Waals surface area contributed by atoms with E-state index >= 15 is 0 Å². The highest BCUT2D eigenvalue weighted by molar-refractivity contribution is 6.52. The maximum absolute atomic E-state index is 14.2. The summed E-state index contributed by atoms with van der Waals surface area (Å²) in [6.07, 6.45) is -0.825. The van der Waals surface area contributed by atoms with Crippen molar-refractivity contribution in [3.63, 3.8) is 0 Å². The molecular formula is C60H58B2Cl4F2N15O11. The number of carbonyl (C=O) groups is 8. The van der Waals surface area contributed by atoms with Crippen LogP contribution in [0.4, 0.5) is 37.5 Å². The van der Waals surface area contributed by atoms with E-state index in [-0.39, 0.29) is 129 Å². The van der Waals surface area contributed by atoms with Crippen LogP contribution in [0.1, 0.15) is 82.2 Å². The van der Waals surface area contributed by atoms with Crippen molar-refractivity contribution < 1.29 is 61.3 Å². The largest absolute Gasteiger partial charge is 0.487 e. The Balaban J connectivity index is 0.000000214. The number of ether oxygens (including phenoxy) is 2. The standard InChI is InChI=1S/C25H24BCl2FN6O5.C24H21Cl2FN6O4.C11H13N3O2.B/c1-26(39-2)22(20-15(27)7-8-16(29)21(20)28)40-18-11-17(33-34-23(18)30)24(37)32-14-5-3-13(4-6-14)25(38)35-10-9-31-19(36)12-35;1-12(20-15(25)6-7-16(27)21(20)26)37-18-10-17(31-32-22(18)28)23(35)30-14-4-2-13(3-5-14)24(36)33-9-8-29-19(34)11-33;12-9-3-1-8(2-4-9)11(16)14-6-5-13-10(15)7-14;/h3-8,11,22H,9-10,12H2,1-2H3,(H2,30,34)(H,31,36)(H,32,37);2-7,10,12H,8-9,11H2,1H3,(H2,28,32)(H,29,34)(H,30,35);1-4H,5-7,12H2,(H,13,15);/t;12-;;/m.1../s1. The Labute approximate surface area is 558 Å². The number of nitrogens with zero attached hydrogens (tertiary/aromatic N) is 7. The van der Waals surface area contributed by atoms with Crippen LogP contribution in [0.15, 0.2) is 109 Å². The number of anilines is 5. The summed E-state index contributed by atoms with van der Waals surface area (Å²) in [6, 6.07) is 25.5. The first-order valence-electron chi connectivity index (χ1n) is 28.1. The van der Waals surface area contributed by atoms with Crippen LogP contribution < -0.4 is 53.3 Å². The summed E-state index contributed by atoms with van der Waals surface area (Å²) < 4.78 is 45.3. The van der Waals surface area contributed by atoms with Crippen LogP contribution in [0, 0.1) is 11.6 Å². The van der Waals surface area contributed by atoms with Crippen molar-refractivity contribution in [1.82, 2.24) is 51.0 Å². The van der Waals surface area contributed by atoms with Crippen molar-refractivity contribution in [3.05, 3.63) is 180 Å². The fourth-order valence-electron chi connectivity index (χ4n) is 9.19. The lowest BCUT2D eigenvalue weighted by molar-refractivity contribution is -0.124. The van der Waals surface area contributed by atoms with Crippen molar-refractivity contribution in [2.24, 2.45) is 0 Å². The average molecular weight is 1370 g/mol. The molecule has 0 aliphatic carbocycles. The molecule has 5 aromatic carbocycles. The van der Waals surface area contributed by atoms with E-state index in [2.05, 4.69) is 47.0 Å².